The van der Waals surface area contributed by atoms with Crippen LogP contribution in [-0.4, -0.2) is 76.8 Å². The third kappa shape index (κ3) is 5.03. The molecule has 1 aromatic heterocycles. The Kier molecular flexibility index (Phi) is 7.70. The second-order valence-corrected chi connectivity index (χ2v) is 8.25. The van der Waals surface area contributed by atoms with Gasteiger partial charge in [0.05, 0.1) is 39.1 Å². The minimum absolute atomic E-state index is 0.172. The molecule has 0 atom stereocenters. The molecule has 0 aliphatic carbocycles. The minimum atomic E-state index is -0.616. The fourth-order valence-corrected chi connectivity index (χ4v) is 4.77. The smallest absolute Gasteiger partial charge is 0.348 e. The number of thiophene rings is 1. The van der Waals surface area contributed by atoms with Crippen LogP contribution >= 0.6 is 11.3 Å². The monoisotopic (exact) mass is 461 g/mol. The molecule has 172 valence electrons. The Morgan fingerprint density at radius 3 is 2.28 bits per heavy atom. The molecule has 32 heavy (non-hydrogen) atoms. The maximum absolute atomic E-state index is 12.7. The van der Waals surface area contributed by atoms with Crippen LogP contribution in [0.1, 0.15) is 25.6 Å². The third-order valence-electron chi connectivity index (χ3n) is 5.33. The molecule has 0 unspecified atom stereocenters. The number of benzene rings is 1. The van der Waals surface area contributed by atoms with Gasteiger partial charge in [-0.15, -0.1) is 11.3 Å². The first-order valence-corrected chi connectivity index (χ1v) is 10.9. The van der Waals surface area contributed by atoms with E-state index in [-0.39, 0.29) is 27.9 Å². The van der Waals surface area contributed by atoms with Crippen molar-refractivity contribution < 1.29 is 28.6 Å². The lowest BCUT2D eigenvalue weighted by Crippen LogP contribution is -2.48. The average molecular weight is 462 g/mol. The molecule has 10 heteroatoms. The zero-order valence-corrected chi connectivity index (χ0v) is 19.4. The number of esters is 2. The Hall–Kier alpha value is -3.11. The predicted molar refractivity (Wildman–Crippen MR) is 122 cm³/mol. The molecule has 9 nitrogen and oxygen atoms in total. The highest BCUT2D eigenvalue weighted by molar-refractivity contribution is 7.18. The maximum atomic E-state index is 12.7. The molecule has 0 spiro atoms. The van der Waals surface area contributed by atoms with Crippen molar-refractivity contribution in [2.24, 2.45) is 0 Å². The molecule has 1 aromatic carbocycles. The van der Waals surface area contributed by atoms with Crippen LogP contribution in [0.25, 0.3) is 0 Å². The van der Waals surface area contributed by atoms with E-state index < -0.39 is 11.9 Å². The first kappa shape index (κ1) is 23.6. The highest BCUT2D eigenvalue weighted by atomic mass is 32.1. The van der Waals surface area contributed by atoms with Crippen molar-refractivity contribution in [3.63, 3.8) is 0 Å². The SMILES string of the molecule is COC(=O)c1sc(NC(=O)CN2CCN(c3ccccc3OC)CC2)c(C(=O)OC)c1C. The average Bonchev–Trinajstić information content (AvgIpc) is 3.13. The van der Waals surface area contributed by atoms with Crippen LogP contribution in [0.15, 0.2) is 24.3 Å². The van der Waals surface area contributed by atoms with Crippen molar-refractivity contribution in [1.82, 2.24) is 4.90 Å². The third-order valence-corrected chi connectivity index (χ3v) is 6.51. The Bertz CT molecular complexity index is 998. The summed E-state index contributed by atoms with van der Waals surface area (Å²) in [5.41, 5.74) is 1.63. The molecule has 0 bridgehead atoms. The van der Waals surface area contributed by atoms with Gasteiger partial charge in [0.15, 0.2) is 0 Å². The fourth-order valence-electron chi connectivity index (χ4n) is 3.64. The standard InChI is InChI=1S/C22H27N3O6S/c1-14-18(21(27)30-3)20(32-19(14)22(28)31-4)23-17(26)13-24-9-11-25(12-10-24)15-7-5-6-8-16(15)29-2/h5-8H,9-13H2,1-4H3,(H,23,26). The molecule has 3 rings (SSSR count). The van der Waals surface area contributed by atoms with Gasteiger partial charge in [0.2, 0.25) is 5.91 Å². The summed E-state index contributed by atoms with van der Waals surface area (Å²) in [6.45, 7) is 4.71. The van der Waals surface area contributed by atoms with E-state index >= 15 is 0 Å². The molecule has 1 aliphatic heterocycles. The molecule has 1 saturated heterocycles. The summed E-state index contributed by atoms with van der Waals surface area (Å²) in [7, 11) is 4.17. The van der Waals surface area contributed by atoms with E-state index in [2.05, 4.69) is 10.2 Å². The molecular weight excluding hydrogens is 434 g/mol. The Morgan fingerprint density at radius 1 is 1.00 bits per heavy atom. The summed E-state index contributed by atoms with van der Waals surface area (Å²) in [4.78, 5) is 41.5. The summed E-state index contributed by atoms with van der Waals surface area (Å²) < 4.78 is 15.0. The zero-order chi connectivity index (χ0) is 23.3. The molecule has 0 radical (unpaired) electrons. The number of carbonyl (C=O) groups is 3. The number of anilines is 2. The van der Waals surface area contributed by atoms with Gasteiger partial charge < -0.3 is 24.4 Å². The number of carbonyl (C=O) groups excluding carboxylic acids is 3. The van der Waals surface area contributed by atoms with E-state index in [0.29, 0.717) is 18.7 Å². The fraction of sp³-hybridized carbons (Fsp3) is 0.409. The molecular formula is C22H27N3O6S. The van der Waals surface area contributed by atoms with Gasteiger partial charge in [-0.1, -0.05) is 12.1 Å². The van der Waals surface area contributed by atoms with Crippen molar-refractivity contribution in [3.8, 4) is 5.75 Å². The molecule has 1 amide bonds. The highest BCUT2D eigenvalue weighted by Gasteiger charge is 2.27. The van der Waals surface area contributed by atoms with E-state index in [0.717, 1.165) is 35.9 Å². The van der Waals surface area contributed by atoms with Crippen LogP contribution in [0.4, 0.5) is 10.7 Å². The Morgan fingerprint density at radius 2 is 1.66 bits per heavy atom. The summed E-state index contributed by atoms with van der Waals surface area (Å²) in [5.74, 6) is -0.623. The number of hydrogen-bond acceptors (Lipinski definition) is 9. The van der Waals surface area contributed by atoms with E-state index in [1.807, 2.05) is 29.2 Å². The number of para-hydroxylation sites is 2. The number of nitrogens with one attached hydrogen (secondary N) is 1. The largest absolute Gasteiger partial charge is 0.495 e. The van der Waals surface area contributed by atoms with E-state index in [1.54, 1.807) is 14.0 Å². The van der Waals surface area contributed by atoms with Crippen molar-refractivity contribution in [3.05, 3.63) is 40.3 Å². The number of rotatable bonds is 7. The van der Waals surface area contributed by atoms with Crippen LogP contribution in [-0.2, 0) is 14.3 Å². The Balaban J connectivity index is 1.64. The molecule has 2 heterocycles. The molecule has 2 aromatic rings. The molecule has 1 fully saturated rings. The van der Waals surface area contributed by atoms with Crippen LogP contribution < -0.4 is 15.0 Å². The van der Waals surface area contributed by atoms with Crippen molar-refractivity contribution in [1.29, 1.82) is 0 Å². The number of ether oxygens (including phenoxy) is 3. The number of amides is 1. The predicted octanol–water partition coefficient (Wildman–Crippen LogP) is 2.40. The minimum Gasteiger partial charge on any atom is -0.495 e. The van der Waals surface area contributed by atoms with Gasteiger partial charge in [0.1, 0.15) is 15.6 Å². The number of piperazine rings is 1. The van der Waals surface area contributed by atoms with Gasteiger partial charge in [-0.25, -0.2) is 9.59 Å². The lowest BCUT2D eigenvalue weighted by molar-refractivity contribution is -0.117. The summed E-state index contributed by atoms with van der Waals surface area (Å²) >= 11 is 1.01. The lowest BCUT2D eigenvalue weighted by Gasteiger charge is -2.36. The summed E-state index contributed by atoms with van der Waals surface area (Å²) in [5, 5.41) is 3.05. The molecule has 1 aliphatic rings. The first-order valence-electron chi connectivity index (χ1n) is 10.1. The number of methoxy groups -OCH3 is 3. The topological polar surface area (TPSA) is 97.4 Å². The van der Waals surface area contributed by atoms with Gasteiger partial charge in [-0.3, -0.25) is 9.69 Å². The van der Waals surface area contributed by atoms with Crippen LogP contribution in [0, 0.1) is 6.92 Å². The van der Waals surface area contributed by atoms with Gasteiger partial charge in [-0.2, -0.15) is 0 Å². The van der Waals surface area contributed by atoms with Gasteiger partial charge >= 0.3 is 11.9 Å². The van der Waals surface area contributed by atoms with Crippen molar-refractivity contribution >= 4 is 39.9 Å². The van der Waals surface area contributed by atoms with Crippen molar-refractivity contribution in [2.45, 2.75) is 6.92 Å². The quantitative estimate of drug-likeness (QED) is 0.628. The second kappa shape index (κ2) is 10.5. The highest BCUT2D eigenvalue weighted by Crippen LogP contribution is 2.34. The van der Waals surface area contributed by atoms with E-state index in [1.165, 1.54) is 14.2 Å². The second-order valence-electron chi connectivity index (χ2n) is 7.23. The normalized spacial score (nSPS) is 14.1. The lowest BCUT2D eigenvalue weighted by atomic mass is 10.1. The first-order chi connectivity index (χ1) is 15.4. The number of hydrogen-bond donors (Lipinski definition) is 1. The zero-order valence-electron chi connectivity index (χ0n) is 18.6. The van der Waals surface area contributed by atoms with Gasteiger partial charge in [0.25, 0.3) is 0 Å². The van der Waals surface area contributed by atoms with Crippen LogP contribution in [0.2, 0.25) is 0 Å². The van der Waals surface area contributed by atoms with Gasteiger partial charge in [0, 0.05) is 26.2 Å². The van der Waals surface area contributed by atoms with Gasteiger partial charge in [-0.05, 0) is 24.6 Å². The summed E-state index contributed by atoms with van der Waals surface area (Å²) in [6.07, 6.45) is 0. The summed E-state index contributed by atoms with van der Waals surface area (Å²) in [6, 6.07) is 7.86. The molecule has 1 N–H and O–H groups in total. The Labute approximate surface area is 190 Å². The maximum Gasteiger partial charge on any atom is 0.348 e. The van der Waals surface area contributed by atoms with Crippen molar-refractivity contribution in [2.75, 3.05) is 64.3 Å². The number of nitrogens with zero attached hydrogens (tertiary/aromatic N) is 2. The van der Waals surface area contributed by atoms with E-state index in [4.69, 9.17) is 14.2 Å². The molecule has 0 saturated carbocycles. The van der Waals surface area contributed by atoms with Crippen LogP contribution in [0.3, 0.4) is 0 Å². The van der Waals surface area contributed by atoms with E-state index in [9.17, 15) is 14.4 Å². The van der Waals surface area contributed by atoms with Crippen LogP contribution in [0.5, 0.6) is 5.75 Å².